The van der Waals surface area contributed by atoms with Crippen LogP contribution >= 0.6 is 0 Å². The van der Waals surface area contributed by atoms with Gasteiger partial charge in [-0.2, -0.15) is 0 Å². The van der Waals surface area contributed by atoms with Gasteiger partial charge in [0.2, 0.25) is 0 Å². The second-order valence-corrected chi connectivity index (χ2v) is 4.20. The van der Waals surface area contributed by atoms with Crippen molar-refractivity contribution in [2.45, 2.75) is 39.2 Å². The average molecular weight is 222 g/mol. The van der Waals surface area contributed by atoms with Gasteiger partial charge in [-0.05, 0) is 31.9 Å². The minimum absolute atomic E-state index is 0.0517. The zero-order valence-corrected chi connectivity index (χ0v) is 9.99. The fourth-order valence-electron chi connectivity index (χ4n) is 1.44. The summed E-state index contributed by atoms with van der Waals surface area (Å²) in [5, 5.41) is 13.9. The SMILES string of the molecule is CCC(C)(CC)Nc1ccc([N+](=O)[O-])cc1. The lowest BCUT2D eigenvalue weighted by Crippen LogP contribution is -2.32. The highest BCUT2D eigenvalue weighted by Crippen LogP contribution is 2.23. The maximum absolute atomic E-state index is 10.5. The van der Waals surface area contributed by atoms with Gasteiger partial charge in [-0.3, -0.25) is 10.1 Å². The van der Waals surface area contributed by atoms with Crippen LogP contribution in [0.2, 0.25) is 0 Å². The van der Waals surface area contributed by atoms with Crippen molar-refractivity contribution in [3.05, 3.63) is 34.4 Å². The zero-order valence-electron chi connectivity index (χ0n) is 9.99. The van der Waals surface area contributed by atoms with Gasteiger partial charge in [0, 0.05) is 23.4 Å². The largest absolute Gasteiger partial charge is 0.380 e. The quantitative estimate of drug-likeness (QED) is 0.612. The van der Waals surface area contributed by atoms with Crippen molar-refractivity contribution in [2.24, 2.45) is 0 Å². The van der Waals surface area contributed by atoms with E-state index in [2.05, 4.69) is 26.1 Å². The molecule has 1 aromatic carbocycles. The molecule has 0 fully saturated rings. The predicted molar refractivity (Wildman–Crippen MR) is 65.7 cm³/mol. The second kappa shape index (κ2) is 4.96. The summed E-state index contributed by atoms with van der Waals surface area (Å²) in [7, 11) is 0. The van der Waals surface area contributed by atoms with E-state index >= 15 is 0 Å². The minimum Gasteiger partial charge on any atom is -0.380 e. The molecule has 0 spiro atoms. The zero-order chi connectivity index (χ0) is 12.2. The van der Waals surface area contributed by atoms with Gasteiger partial charge in [-0.25, -0.2) is 0 Å². The molecule has 1 rings (SSSR count). The Labute approximate surface area is 95.8 Å². The number of nitro groups is 1. The van der Waals surface area contributed by atoms with Gasteiger partial charge in [0.15, 0.2) is 0 Å². The van der Waals surface area contributed by atoms with Crippen molar-refractivity contribution in [1.82, 2.24) is 0 Å². The third-order valence-electron chi connectivity index (χ3n) is 3.08. The Morgan fingerprint density at radius 2 is 1.75 bits per heavy atom. The molecule has 0 aromatic heterocycles. The monoisotopic (exact) mass is 222 g/mol. The summed E-state index contributed by atoms with van der Waals surface area (Å²) in [4.78, 5) is 10.1. The highest BCUT2D eigenvalue weighted by molar-refractivity contribution is 5.50. The topological polar surface area (TPSA) is 55.2 Å². The number of nitrogens with zero attached hydrogens (tertiary/aromatic N) is 1. The normalized spacial score (nSPS) is 11.2. The van der Waals surface area contributed by atoms with Crippen LogP contribution in [0.25, 0.3) is 0 Å². The summed E-state index contributed by atoms with van der Waals surface area (Å²) in [6, 6.07) is 6.55. The van der Waals surface area contributed by atoms with Crippen molar-refractivity contribution < 1.29 is 4.92 Å². The summed E-state index contributed by atoms with van der Waals surface area (Å²) in [6.45, 7) is 6.40. The molecule has 0 atom stereocenters. The number of anilines is 1. The van der Waals surface area contributed by atoms with Crippen LogP contribution in [0.15, 0.2) is 24.3 Å². The first-order valence-corrected chi connectivity index (χ1v) is 5.53. The van der Waals surface area contributed by atoms with Gasteiger partial charge in [0.05, 0.1) is 4.92 Å². The van der Waals surface area contributed by atoms with Gasteiger partial charge >= 0.3 is 0 Å². The van der Waals surface area contributed by atoms with Crippen LogP contribution in [0, 0.1) is 10.1 Å². The molecule has 0 saturated heterocycles. The molecule has 4 heteroatoms. The molecule has 1 N–H and O–H groups in total. The van der Waals surface area contributed by atoms with E-state index in [1.807, 2.05) is 0 Å². The number of hydrogen-bond acceptors (Lipinski definition) is 3. The number of nitro benzene ring substituents is 1. The maximum Gasteiger partial charge on any atom is 0.269 e. The predicted octanol–water partition coefficient (Wildman–Crippen LogP) is 3.59. The number of nitrogens with one attached hydrogen (secondary N) is 1. The van der Waals surface area contributed by atoms with E-state index in [4.69, 9.17) is 0 Å². The van der Waals surface area contributed by atoms with E-state index in [0.29, 0.717) is 0 Å². The van der Waals surface area contributed by atoms with E-state index in [1.165, 1.54) is 12.1 Å². The average Bonchev–Trinajstić information content (AvgIpc) is 2.29. The van der Waals surface area contributed by atoms with Crippen LogP contribution in [0.5, 0.6) is 0 Å². The molecule has 1 aromatic rings. The molecule has 0 aliphatic rings. The molecule has 0 aliphatic heterocycles. The van der Waals surface area contributed by atoms with Crippen molar-refractivity contribution in [2.75, 3.05) is 5.32 Å². The van der Waals surface area contributed by atoms with Gasteiger partial charge in [-0.15, -0.1) is 0 Å². The third kappa shape index (κ3) is 2.95. The Hall–Kier alpha value is -1.58. The molecule has 0 saturated carbocycles. The first-order chi connectivity index (χ1) is 7.50. The molecule has 0 amide bonds. The van der Waals surface area contributed by atoms with Crippen LogP contribution in [-0.4, -0.2) is 10.5 Å². The van der Waals surface area contributed by atoms with Gasteiger partial charge < -0.3 is 5.32 Å². The summed E-state index contributed by atoms with van der Waals surface area (Å²) in [5.74, 6) is 0. The van der Waals surface area contributed by atoms with E-state index in [1.54, 1.807) is 12.1 Å². The number of hydrogen-bond donors (Lipinski definition) is 1. The van der Waals surface area contributed by atoms with Crippen molar-refractivity contribution in [1.29, 1.82) is 0 Å². The fourth-order valence-corrected chi connectivity index (χ4v) is 1.44. The summed E-state index contributed by atoms with van der Waals surface area (Å²) < 4.78 is 0. The van der Waals surface area contributed by atoms with Crippen LogP contribution in [0.4, 0.5) is 11.4 Å². The molecule has 16 heavy (non-hydrogen) atoms. The lowest BCUT2D eigenvalue weighted by atomic mass is 9.95. The van der Waals surface area contributed by atoms with E-state index in [9.17, 15) is 10.1 Å². The van der Waals surface area contributed by atoms with E-state index in [0.717, 1.165) is 18.5 Å². The molecular weight excluding hydrogens is 204 g/mol. The number of non-ortho nitro benzene ring substituents is 1. The highest BCUT2D eigenvalue weighted by atomic mass is 16.6. The smallest absolute Gasteiger partial charge is 0.269 e. The first-order valence-electron chi connectivity index (χ1n) is 5.53. The lowest BCUT2D eigenvalue weighted by Gasteiger charge is -2.29. The van der Waals surface area contributed by atoms with Crippen LogP contribution in [0.1, 0.15) is 33.6 Å². The second-order valence-electron chi connectivity index (χ2n) is 4.20. The third-order valence-corrected chi connectivity index (χ3v) is 3.08. The first kappa shape index (κ1) is 12.5. The van der Waals surface area contributed by atoms with Gasteiger partial charge in [0.1, 0.15) is 0 Å². The lowest BCUT2D eigenvalue weighted by molar-refractivity contribution is -0.384. The maximum atomic E-state index is 10.5. The standard InChI is InChI=1S/C12H18N2O2/c1-4-12(3,5-2)13-10-6-8-11(9-7-10)14(15)16/h6-9,13H,4-5H2,1-3H3. The molecule has 0 aliphatic carbocycles. The summed E-state index contributed by atoms with van der Waals surface area (Å²) in [5.41, 5.74) is 1.10. The van der Waals surface area contributed by atoms with E-state index in [-0.39, 0.29) is 16.1 Å². The van der Waals surface area contributed by atoms with E-state index < -0.39 is 0 Å². The summed E-state index contributed by atoms with van der Waals surface area (Å²) in [6.07, 6.45) is 2.03. The fraction of sp³-hybridized carbons (Fsp3) is 0.500. The van der Waals surface area contributed by atoms with Crippen LogP contribution < -0.4 is 5.32 Å². The number of benzene rings is 1. The molecule has 0 radical (unpaired) electrons. The van der Waals surface area contributed by atoms with Crippen LogP contribution in [-0.2, 0) is 0 Å². The molecule has 0 unspecified atom stereocenters. The molecular formula is C12H18N2O2. The van der Waals surface area contributed by atoms with Gasteiger partial charge in [-0.1, -0.05) is 13.8 Å². The molecule has 4 nitrogen and oxygen atoms in total. The Kier molecular flexibility index (Phi) is 3.88. The van der Waals surface area contributed by atoms with Crippen molar-refractivity contribution >= 4 is 11.4 Å². The van der Waals surface area contributed by atoms with Gasteiger partial charge in [0.25, 0.3) is 5.69 Å². The highest BCUT2D eigenvalue weighted by Gasteiger charge is 2.18. The minimum atomic E-state index is -0.386. The Morgan fingerprint density at radius 1 is 1.25 bits per heavy atom. The molecule has 88 valence electrons. The van der Waals surface area contributed by atoms with Crippen molar-refractivity contribution in [3.63, 3.8) is 0 Å². The Balaban J connectivity index is 2.79. The Bertz CT molecular complexity index is 356. The Morgan fingerprint density at radius 3 is 2.12 bits per heavy atom. The number of rotatable bonds is 5. The molecule has 0 heterocycles. The molecule has 0 bridgehead atoms. The van der Waals surface area contributed by atoms with Crippen LogP contribution in [0.3, 0.4) is 0 Å². The van der Waals surface area contributed by atoms with Crippen molar-refractivity contribution in [3.8, 4) is 0 Å². The summed E-state index contributed by atoms with van der Waals surface area (Å²) >= 11 is 0.